The molecule has 0 aromatic heterocycles. The molecule has 0 atom stereocenters. The van der Waals surface area contributed by atoms with Gasteiger partial charge in [-0.2, -0.15) is 5.10 Å². The molecule has 5 aliphatic rings. The first-order valence-corrected chi connectivity index (χ1v) is 11.9. The highest BCUT2D eigenvalue weighted by molar-refractivity contribution is 8.18. The van der Waals surface area contributed by atoms with Crippen molar-refractivity contribution in [1.82, 2.24) is 5.32 Å². The molecule has 4 aliphatic carbocycles. The minimum Gasteiger partial charge on any atom is -0.507 e. The molecule has 1 aliphatic heterocycles. The Morgan fingerprint density at radius 3 is 2.50 bits per heavy atom. The van der Waals surface area contributed by atoms with E-state index in [2.05, 4.69) is 26.3 Å². The Morgan fingerprint density at radius 1 is 1.22 bits per heavy atom. The fourth-order valence-electron chi connectivity index (χ4n) is 6.53. The number of aromatic hydroxyl groups is 1. The van der Waals surface area contributed by atoms with Crippen molar-refractivity contribution >= 4 is 35.0 Å². The van der Waals surface area contributed by atoms with Crippen LogP contribution in [0, 0.1) is 24.7 Å². The van der Waals surface area contributed by atoms with Crippen LogP contribution in [0.5, 0.6) is 5.75 Å². The zero-order valence-electron chi connectivity index (χ0n) is 18.3. The number of nitrogens with zero attached hydrogens (tertiary/aromatic N) is 2. The van der Waals surface area contributed by atoms with E-state index in [1.54, 1.807) is 0 Å². The van der Waals surface area contributed by atoms with E-state index in [1.165, 1.54) is 51.8 Å². The van der Waals surface area contributed by atoms with Crippen molar-refractivity contribution in [2.45, 2.75) is 50.9 Å². The Labute approximate surface area is 191 Å². The summed E-state index contributed by atoms with van der Waals surface area (Å²) in [5, 5.41) is 22.2. The van der Waals surface area contributed by atoms with Crippen LogP contribution in [0.3, 0.4) is 0 Å². The first-order chi connectivity index (χ1) is 15.3. The monoisotopic (exact) mass is 453 g/mol. The number of thioether (sulfide) groups is 1. The summed E-state index contributed by atoms with van der Waals surface area (Å²) >= 11 is 1.02. The number of benzene rings is 1. The van der Waals surface area contributed by atoms with Crippen LogP contribution in [0.4, 0.5) is 0 Å². The van der Waals surface area contributed by atoms with Gasteiger partial charge in [0.25, 0.3) is 5.91 Å². The number of amidine groups is 1. The number of carbonyl (C=O) groups excluding carboxylic acids is 2. The Bertz CT molecular complexity index is 1040. The summed E-state index contributed by atoms with van der Waals surface area (Å²) < 4.78 is 4.55. The number of hydrogen-bond acceptors (Lipinski definition) is 7. The molecule has 1 saturated heterocycles. The van der Waals surface area contributed by atoms with E-state index in [9.17, 15) is 14.7 Å². The molecule has 0 spiro atoms. The highest BCUT2D eigenvalue weighted by atomic mass is 32.2. The number of rotatable bonds is 4. The molecule has 32 heavy (non-hydrogen) atoms. The van der Waals surface area contributed by atoms with Crippen LogP contribution < -0.4 is 5.32 Å². The van der Waals surface area contributed by atoms with Gasteiger partial charge in [0.1, 0.15) is 5.75 Å². The van der Waals surface area contributed by atoms with Crippen LogP contribution in [0.1, 0.15) is 55.2 Å². The lowest BCUT2D eigenvalue weighted by molar-refractivity contribution is -0.135. The van der Waals surface area contributed by atoms with Crippen molar-refractivity contribution in [3.05, 3.63) is 39.8 Å². The lowest BCUT2D eigenvalue weighted by atomic mass is 9.48. The molecule has 4 saturated carbocycles. The molecule has 1 amide bonds. The molecule has 1 aromatic carbocycles. The molecule has 6 rings (SSSR count). The van der Waals surface area contributed by atoms with E-state index >= 15 is 0 Å². The summed E-state index contributed by atoms with van der Waals surface area (Å²) in [6.07, 6.45) is 10.2. The minimum atomic E-state index is -0.603. The smallest absolute Gasteiger partial charge is 0.331 e. The van der Waals surface area contributed by atoms with Gasteiger partial charge >= 0.3 is 5.97 Å². The summed E-state index contributed by atoms with van der Waals surface area (Å²) in [6.45, 7) is 2.05. The number of methoxy groups -OCH3 is 1. The molecule has 168 valence electrons. The molecule has 7 nitrogen and oxygen atoms in total. The van der Waals surface area contributed by atoms with Gasteiger partial charge in [-0.25, -0.2) is 4.79 Å². The predicted octanol–water partition coefficient (Wildman–Crippen LogP) is 3.78. The maximum atomic E-state index is 11.9. The van der Waals surface area contributed by atoms with Gasteiger partial charge in [-0.1, -0.05) is 6.07 Å². The lowest BCUT2D eigenvalue weighted by Crippen LogP contribution is -2.48. The summed E-state index contributed by atoms with van der Waals surface area (Å²) in [6, 6.07) is 4.06. The topological polar surface area (TPSA) is 100 Å². The first-order valence-electron chi connectivity index (χ1n) is 11.1. The molecule has 1 aromatic rings. The first kappa shape index (κ1) is 21.2. The van der Waals surface area contributed by atoms with E-state index in [1.807, 2.05) is 13.0 Å². The number of carbonyl (C=O) groups is 2. The summed E-state index contributed by atoms with van der Waals surface area (Å²) in [5.74, 6) is 1.65. The maximum Gasteiger partial charge on any atom is 0.331 e. The molecular weight excluding hydrogens is 426 g/mol. The Hall–Kier alpha value is -2.61. The number of ether oxygens (including phenoxy) is 1. The van der Waals surface area contributed by atoms with Crippen LogP contribution in [-0.2, 0) is 19.7 Å². The molecular formula is C24H27N3O4S. The largest absolute Gasteiger partial charge is 0.507 e. The average Bonchev–Trinajstić information content (AvgIpc) is 3.08. The second-order valence-corrected chi connectivity index (χ2v) is 10.7. The normalized spacial score (nSPS) is 33.4. The SMILES string of the molecule is COC(=O)/C=C1/S/C(=N\N=Cc2cc(C)cc(C34CC5CC(CC(C5)C3)C4)c2O)NC1=O. The highest BCUT2D eigenvalue weighted by Crippen LogP contribution is 2.62. The third kappa shape index (κ3) is 3.85. The zero-order valence-corrected chi connectivity index (χ0v) is 19.1. The predicted molar refractivity (Wildman–Crippen MR) is 124 cm³/mol. The van der Waals surface area contributed by atoms with Gasteiger partial charge in [0.05, 0.1) is 18.2 Å². The van der Waals surface area contributed by atoms with Gasteiger partial charge in [0, 0.05) is 17.2 Å². The number of aryl methyl sites for hydroxylation is 1. The number of nitrogens with one attached hydrogen (secondary N) is 1. The maximum absolute atomic E-state index is 11.9. The summed E-state index contributed by atoms with van der Waals surface area (Å²) in [4.78, 5) is 23.5. The number of hydrogen-bond donors (Lipinski definition) is 2. The van der Waals surface area contributed by atoms with E-state index in [-0.39, 0.29) is 15.5 Å². The number of phenols is 1. The fraction of sp³-hybridized carbons (Fsp3) is 0.500. The summed E-state index contributed by atoms with van der Waals surface area (Å²) in [7, 11) is 1.25. The van der Waals surface area contributed by atoms with E-state index in [0.717, 1.165) is 46.7 Å². The molecule has 1 heterocycles. The van der Waals surface area contributed by atoms with E-state index in [0.29, 0.717) is 11.3 Å². The molecule has 0 radical (unpaired) electrons. The second kappa shape index (κ2) is 8.06. The van der Waals surface area contributed by atoms with Gasteiger partial charge < -0.3 is 9.84 Å². The third-order valence-electron chi connectivity index (χ3n) is 7.34. The summed E-state index contributed by atoms with van der Waals surface area (Å²) in [5.41, 5.74) is 2.88. The van der Waals surface area contributed by atoms with Gasteiger partial charge in [0.2, 0.25) is 0 Å². The van der Waals surface area contributed by atoms with E-state index in [4.69, 9.17) is 0 Å². The van der Waals surface area contributed by atoms with Crippen molar-refractivity contribution in [2.75, 3.05) is 7.11 Å². The quantitative estimate of drug-likeness (QED) is 0.313. The average molecular weight is 454 g/mol. The Balaban J connectivity index is 1.39. The Kier molecular flexibility index (Phi) is 5.35. The van der Waals surface area contributed by atoms with Gasteiger partial charge in [-0.15, -0.1) is 5.10 Å². The fourth-order valence-corrected chi connectivity index (χ4v) is 7.27. The zero-order chi connectivity index (χ0) is 22.5. The van der Waals surface area contributed by atoms with Crippen molar-refractivity contribution in [3.8, 4) is 5.75 Å². The molecule has 4 bridgehead atoms. The second-order valence-electron chi connectivity index (χ2n) is 9.69. The van der Waals surface area contributed by atoms with Gasteiger partial charge in [0.15, 0.2) is 5.17 Å². The van der Waals surface area contributed by atoms with Crippen LogP contribution >= 0.6 is 11.8 Å². The van der Waals surface area contributed by atoms with Crippen LogP contribution in [0.25, 0.3) is 0 Å². The van der Waals surface area contributed by atoms with Crippen molar-refractivity contribution in [3.63, 3.8) is 0 Å². The molecule has 0 unspecified atom stereocenters. The molecule has 5 fully saturated rings. The van der Waals surface area contributed by atoms with Crippen molar-refractivity contribution < 1.29 is 19.4 Å². The van der Waals surface area contributed by atoms with E-state index < -0.39 is 11.9 Å². The Morgan fingerprint density at radius 2 is 1.88 bits per heavy atom. The van der Waals surface area contributed by atoms with Crippen LogP contribution in [-0.4, -0.2) is 35.5 Å². The van der Waals surface area contributed by atoms with Crippen molar-refractivity contribution in [2.24, 2.45) is 28.0 Å². The lowest BCUT2D eigenvalue weighted by Gasteiger charge is -2.57. The highest BCUT2D eigenvalue weighted by Gasteiger charge is 2.52. The van der Waals surface area contributed by atoms with Gasteiger partial charge in [-0.3, -0.25) is 10.1 Å². The molecule has 2 N–H and O–H groups in total. The van der Waals surface area contributed by atoms with Crippen LogP contribution in [0.15, 0.2) is 33.3 Å². The standard InChI is InChI=1S/C24H27N3O4S/c1-13-3-17(12-25-27-23-26-22(30)19(32-23)8-20(28)31-2)21(29)18(4-13)24-9-14-5-15(10-24)7-16(6-14)11-24/h3-4,8,12,14-16,29H,5-7,9-11H2,1-2H3,(H,26,27,30)/b19-8+,25-12?. The van der Waals surface area contributed by atoms with Crippen LogP contribution in [0.2, 0.25) is 0 Å². The van der Waals surface area contributed by atoms with Gasteiger partial charge in [-0.05, 0) is 92.0 Å². The minimum absolute atomic E-state index is 0.0855. The number of phenolic OH excluding ortho intramolecular Hbond substituents is 1. The third-order valence-corrected chi connectivity index (χ3v) is 8.24. The number of esters is 1. The number of amides is 1. The molecule has 8 heteroatoms. The van der Waals surface area contributed by atoms with Crippen molar-refractivity contribution in [1.29, 1.82) is 0 Å².